The van der Waals surface area contributed by atoms with E-state index in [4.69, 9.17) is 0 Å². The van der Waals surface area contributed by atoms with Gasteiger partial charge in [0.15, 0.2) is 0 Å². The third-order valence-corrected chi connectivity index (χ3v) is 3.19. The first-order valence-electron chi connectivity index (χ1n) is 5.39. The molecule has 0 aliphatic heterocycles. The largest absolute Gasteiger partial charge is 0.411 e. The van der Waals surface area contributed by atoms with Gasteiger partial charge in [0.05, 0.1) is 0 Å². The van der Waals surface area contributed by atoms with Gasteiger partial charge in [-0.15, -0.1) is 0 Å². The van der Waals surface area contributed by atoms with Crippen LogP contribution in [0.5, 0.6) is 0 Å². The Balaban J connectivity index is 2.46. The van der Waals surface area contributed by atoms with E-state index in [0.29, 0.717) is 17.3 Å². The highest BCUT2D eigenvalue weighted by Crippen LogP contribution is 2.25. The van der Waals surface area contributed by atoms with Gasteiger partial charge in [0, 0.05) is 11.9 Å². The standard InChI is InChI=1S/C12H13BrF4O/c13-7-9(5-6-18-8-12(15,16)17)10-3-1-2-4-11(10)14/h1-4,9H,5-8H2. The van der Waals surface area contributed by atoms with Gasteiger partial charge in [0.2, 0.25) is 0 Å². The fourth-order valence-corrected chi connectivity index (χ4v) is 2.21. The van der Waals surface area contributed by atoms with E-state index in [0.717, 1.165) is 0 Å². The summed E-state index contributed by atoms with van der Waals surface area (Å²) in [5, 5.41) is 0.476. The van der Waals surface area contributed by atoms with Crippen molar-refractivity contribution in [2.45, 2.75) is 18.5 Å². The van der Waals surface area contributed by atoms with Crippen LogP contribution in [0, 0.1) is 5.82 Å². The van der Waals surface area contributed by atoms with Crippen LogP contribution in [0.4, 0.5) is 17.6 Å². The Bertz CT molecular complexity index is 367. The first kappa shape index (κ1) is 15.4. The van der Waals surface area contributed by atoms with E-state index in [1.807, 2.05) is 0 Å². The van der Waals surface area contributed by atoms with E-state index < -0.39 is 12.8 Å². The maximum Gasteiger partial charge on any atom is 0.411 e. The Kier molecular flexibility index (Phi) is 6.08. The maximum absolute atomic E-state index is 13.5. The molecule has 0 saturated carbocycles. The molecule has 0 aromatic heterocycles. The lowest BCUT2D eigenvalue weighted by Gasteiger charge is -2.15. The summed E-state index contributed by atoms with van der Waals surface area (Å²) in [6.45, 7) is -1.32. The number of halogens is 5. The zero-order valence-corrected chi connectivity index (χ0v) is 11.1. The Labute approximate surface area is 111 Å². The highest BCUT2D eigenvalue weighted by atomic mass is 79.9. The van der Waals surface area contributed by atoms with Crippen LogP contribution in [0.25, 0.3) is 0 Å². The summed E-state index contributed by atoms with van der Waals surface area (Å²) in [6, 6.07) is 6.24. The summed E-state index contributed by atoms with van der Waals surface area (Å²) in [5.41, 5.74) is 0.491. The molecule has 0 saturated heterocycles. The fourth-order valence-electron chi connectivity index (χ4n) is 1.54. The van der Waals surface area contributed by atoms with Gasteiger partial charge in [-0.2, -0.15) is 13.2 Å². The normalized spacial score (nSPS) is 13.6. The second-order valence-corrected chi connectivity index (χ2v) is 4.48. The lowest BCUT2D eigenvalue weighted by atomic mass is 9.98. The number of hydrogen-bond donors (Lipinski definition) is 0. The molecule has 0 heterocycles. The Hall–Kier alpha value is -0.620. The minimum absolute atomic E-state index is 0.0515. The van der Waals surface area contributed by atoms with Gasteiger partial charge in [0.25, 0.3) is 0 Å². The van der Waals surface area contributed by atoms with Crippen molar-refractivity contribution in [2.24, 2.45) is 0 Å². The van der Waals surface area contributed by atoms with Crippen molar-refractivity contribution in [3.8, 4) is 0 Å². The van der Waals surface area contributed by atoms with Crippen molar-refractivity contribution < 1.29 is 22.3 Å². The van der Waals surface area contributed by atoms with E-state index >= 15 is 0 Å². The molecular weight excluding hydrogens is 316 g/mol. The second-order valence-electron chi connectivity index (χ2n) is 3.83. The molecule has 0 radical (unpaired) electrons. The molecule has 0 aliphatic carbocycles. The smallest absolute Gasteiger partial charge is 0.372 e. The highest BCUT2D eigenvalue weighted by Gasteiger charge is 2.27. The molecule has 0 N–H and O–H groups in total. The van der Waals surface area contributed by atoms with E-state index in [1.54, 1.807) is 18.2 Å². The monoisotopic (exact) mass is 328 g/mol. The van der Waals surface area contributed by atoms with E-state index in [9.17, 15) is 17.6 Å². The molecule has 102 valence electrons. The van der Waals surface area contributed by atoms with Crippen molar-refractivity contribution >= 4 is 15.9 Å². The minimum Gasteiger partial charge on any atom is -0.372 e. The van der Waals surface area contributed by atoms with Gasteiger partial charge < -0.3 is 4.74 Å². The minimum atomic E-state index is -4.32. The van der Waals surface area contributed by atoms with Crippen molar-refractivity contribution in [1.29, 1.82) is 0 Å². The van der Waals surface area contributed by atoms with Gasteiger partial charge in [-0.3, -0.25) is 0 Å². The van der Waals surface area contributed by atoms with Gasteiger partial charge in [-0.1, -0.05) is 34.1 Å². The maximum atomic E-state index is 13.5. The lowest BCUT2D eigenvalue weighted by Crippen LogP contribution is -2.18. The molecule has 0 spiro atoms. The van der Waals surface area contributed by atoms with Crippen LogP contribution in [-0.2, 0) is 4.74 Å². The molecule has 1 unspecified atom stereocenters. The van der Waals surface area contributed by atoms with Crippen LogP contribution in [0.2, 0.25) is 0 Å². The van der Waals surface area contributed by atoms with E-state index in [1.165, 1.54) is 6.07 Å². The van der Waals surface area contributed by atoms with Crippen molar-refractivity contribution in [3.05, 3.63) is 35.6 Å². The summed E-state index contributed by atoms with van der Waals surface area (Å²) in [6.07, 6.45) is -3.98. The van der Waals surface area contributed by atoms with Gasteiger partial charge in [-0.25, -0.2) is 4.39 Å². The summed E-state index contributed by atoms with van der Waals surface area (Å²) < 4.78 is 53.6. The third kappa shape index (κ3) is 5.35. The highest BCUT2D eigenvalue weighted by molar-refractivity contribution is 9.09. The number of benzene rings is 1. The van der Waals surface area contributed by atoms with Crippen LogP contribution in [0.1, 0.15) is 17.9 Å². The molecule has 6 heteroatoms. The van der Waals surface area contributed by atoms with E-state index in [2.05, 4.69) is 20.7 Å². The second kappa shape index (κ2) is 7.09. The summed E-state index contributed by atoms with van der Waals surface area (Å²) >= 11 is 3.23. The van der Waals surface area contributed by atoms with Gasteiger partial charge in [-0.05, 0) is 24.0 Å². The SMILES string of the molecule is Fc1ccccc1C(CBr)CCOCC(F)(F)F. The quantitative estimate of drug-likeness (QED) is 0.430. The van der Waals surface area contributed by atoms with Crippen LogP contribution in [-0.4, -0.2) is 24.7 Å². The van der Waals surface area contributed by atoms with Crippen LogP contribution >= 0.6 is 15.9 Å². The Morgan fingerprint density at radius 1 is 1.22 bits per heavy atom. The molecule has 1 aromatic rings. The molecule has 0 bridgehead atoms. The van der Waals surface area contributed by atoms with Gasteiger partial charge >= 0.3 is 6.18 Å². The molecule has 18 heavy (non-hydrogen) atoms. The number of rotatable bonds is 6. The van der Waals surface area contributed by atoms with Gasteiger partial charge in [0.1, 0.15) is 12.4 Å². The molecule has 1 nitrogen and oxygen atoms in total. The van der Waals surface area contributed by atoms with Crippen LogP contribution < -0.4 is 0 Å². The molecule has 1 atom stereocenters. The zero-order valence-electron chi connectivity index (χ0n) is 9.51. The fraction of sp³-hybridized carbons (Fsp3) is 0.500. The van der Waals surface area contributed by atoms with Crippen molar-refractivity contribution in [3.63, 3.8) is 0 Å². The zero-order chi connectivity index (χ0) is 13.6. The lowest BCUT2D eigenvalue weighted by molar-refractivity contribution is -0.174. The molecule has 1 aromatic carbocycles. The van der Waals surface area contributed by atoms with Crippen molar-refractivity contribution in [2.75, 3.05) is 18.5 Å². The summed E-state index contributed by atoms with van der Waals surface area (Å²) in [5.74, 6) is -0.544. The topological polar surface area (TPSA) is 9.23 Å². The van der Waals surface area contributed by atoms with Crippen LogP contribution in [0.15, 0.2) is 24.3 Å². The number of alkyl halides is 4. The predicted molar refractivity (Wildman–Crippen MR) is 64.4 cm³/mol. The number of ether oxygens (including phenoxy) is 1. The first-order chi connectivity index (χ1) is 8.44. The Morgan fingerprint density at radius 3 is 2.44 bits per heavy atom. The molecular formula is C12H13BrF4O. The summed E-state index contributed by atoms with van der Waals surface area (Å²) in [7, 11) is 0. The molecule has 0 fully saturated rings. The number of hydrogen-bond acceptors (Lipinski definition) is 1. The molecule has 1 rings (SSSR count). The molecule has 0 amide bonds. The predicted octanol–water partition coefficient (Wildman–Crippen LogP) is 4.27. The first-order valence-corrected chi connectivity index (χ1v) is 6.51. The third-order valence-electron chi connectivity index (χ3n) is 2.41. The summed E-state index contributed by atoms with van der Waals surface area (Å²) in [4.78, 5) is 0. The average molecular weight is 329 g/mol. The average Bonchev–Trinajstić information content (AvgIpc) is 2.29. The Morgan fingerprint density at radius 2 is 1.89 bits per heavy atom. The van der Waals surface area contributed by atoms with Crippen LogP contribution in [0.3, 0.4) is 0 Å². The molecule has 0 aliphatic rings. The van der Waals surface area contributed by atoms with Crippen molar-refractivity contribution in [1.82, 2.24) is 0 Å². The van der Waals surface area contributed by atoms with E-state index in [-0.39, 0.29) is 18.3 Å².